The number of aromatic amines is 1. The smallest absolute Gasteiger partial charge is 0.216 e. The summed E-state index contributed by atoms with van der Waals surface area (Å²) in [4.78, 5) is 8.66. The SMILES string of the molecule is CN=C(NCCCc1ccc(C(C)C)cc1)NCc1nc(-c2ccco2)n[nH]1. The molecule has 0 saturated heterocycles. The third-order valence-electron chi connectivity index (χ3n) is 4.50. The monoisotopic (exact) mass is 380 g/mol. The minimum Gasteiger partial charge on any atom is -0.461 e. The second-order valence-corrected chi connectivity index (χ2v) is 6.94. The fourth-order valence-electron chi connectivity index (χ4n) is 2.85. The molecule has 7 nitrogen and oxygen atoms in total. The van der Waals surface area contributed by atoms with Crippen LogP contribution >= 0.6 is 0 Å². The number of aromatic nitrogens is 3. The van der Waals surface area contributed by atoms with Crippen molar-refractivity contribution in [1.29, 1.82) is 0 Å². The Morgan fingerprint density at radius 2 is 2.00 bits per heavy atom. The summed E-state index contributed by atoms with van der Waals surface area (Å²) in [6.07, 6.45) is 3.68. The van der Waals surface area contributed by atoms with Crippen molar-refractivity contribution in [3.63, 3.8) is 0 Å². The van der Waals surface area contributed by atoms with Crippen molar-refractivity contribution in [2.24, 2.45) is 4.99 Å². The molecule has 7 heteroatoms. The summed E-state index contributed by atoms with van der Waals surface area (Å²) in [5, 5.41) is 13.6. The highest BCUT2D eigenvalue weighted by atomic mass is 16.3. The van der Waals surface area contributed by atoms with Crippen LogP contribution in [-0.2, 0) is 13.0 Å². The van der Waals surface area contributed by atoms with E-state index in [0.717, 1.165) is 31.2 Å². The fraction of sp³-hybridized carbons (Fsp3) is 0.381. The molecule has 0 fully saturated rings. The Morgan fingerprint density at radius 3 is 2.68 bits per heavy atom. The summed E-state index contributed by atoms with van der Waals surface area (Å²) in [5.41, 5.74) is 2.75. The van der Waals surface area contributed by atoms with E-state index in [9.17, 15) is 0 Å². The normalized spacial score (nSPS) is 11.8. The highest BCUT2D eigenvalue weighted by Gasteiger charge is 2.08. The molecular weight excluding hydrogens is 352 g/mol. The largest absolute Gasteiger partial charge is 0.461 e. The molecule has 0 bridgehead atoms. The van der Waals surface area contributed by atoms with Gasteiger partial charge in [0.25, 0.3) is 0 Å². The van der Waals surface area contributed by atoms with Crippen molar-refractivity contribution in [2.75, 3.05) is 13.6 Å². The van der Waals surface area contributed by atoms with Crippen molar-refractivity contribution in [3.8, 4) is 11.6 Å². The average molecular weight is 380 g/mol. The molecule has 3 rings (SSSR count). The van der Waals surface area contributed by atoms with Gasteiger partial charge in [0, 0.05) is 13.6 Å². The maximum Gasteiger partial charge on any atom is 0.216 e. The van der Waals surface area contributed by atoms with E-state index in [2.05, 4.69) is 68.9 Å². The standard InChI is InChI=1S/C21H28N6O/c1-15(2)17-10-8-16(9-11-17)6-4-12-23-21(22-3)24-14-19-25-20(27-26-19)18-7-5-13-28-18/h5,7-11,13,15H,4,6,12,14H2,1-3H3,(H2,22,23,24)(H,25,26,27). The molecule has 2 heterocycles. The zero-order chi connectivity index (χ0) is 19.8. The Balaban J connectivity index is 1.39. The average Bonchev–Trinajstić information content (AvgIpc) is 3.39. The quantitative estimate of drug-likeness (QED) is 0.316. The van der Waals surface area contributed by atoms with Crippen molar-refractivity contribution in [1.82, 2.24) is 25.8 Å². The molecule has 0 atom stereocenters. The summed E-state index contributed by atoms with van der Waals surface area (Å²) in [5.74, 6) is 3.23. The number of nitrogens with one attached hydrogen (secondary N) is 3. The lowest BCUT2D eigenvalue weighted by atomic mass is 10.0. The first-order valence-electron chi connectivity index (χ1n) is 9.64. The van der Waals surface area contributed by atoms with Crippen LogP contribution in [0.5, 0.6) is 0 Å². The van der Waals surface area contributed by atoms with E-state index in [4.69, 9.17) is 4.42 Å². The van der Waals surface area contributed by atoms with Crippen LogP contribution in [0, 0.1) is 0 Å². The Hall–Kier alpha value is -3.09. The van der Waals surface area contributed by atoms with E-state index in [1.165, 1.54) is 11.1 Å². The number of H-pyrrole nitrogens is 1. The van der Waals surface area contributed by atoms with E-state index in [1.807, 2.05) is 12.1 Å². The van der Waals surface area contributed by atoms with Crippen LogP contribution in [0.1, 0.15) is 43.1 Å². The maximum absolute atomic E-state index is 5.30. The minimum atomic E-state index is 0.504. The molecule has 0 aliphatic carbocycles. The van der Waals surface area contributed by atoms with Crippen LogP contribution in [0.2, 0.25) is 0 Å². The van der Waals surface area contributed by atoms with Crippen LogP contribution < -0.4 is 10.6 Å². The Kier molecular flexibility index (Phi) is 6.84. The highest BCUT2D eigenvalue weighted by molar-refractivity contribution is 5.79. The number of nitrogens with zero attached hydrogens (tertiary/aromatic N) is 3. The van der Waals surface area contributed by atoms with Crippen LogP contribution in [0.15, 0.2) is 52.1 Å². The molecule has 28 heavy (non-hydrogen) atoms. The topological polar surface area (TPSA) is 91.1 Å². The zero-order valence-electron chi connectivity index (χ0n) is 16.7. The van der Waals surface area contributed by atoms with E-state index in [1.54, 1.807) is 13.3 Å². The lowest BCUT2D eigenvalue weighted by molar-refractivity contribution is 0.577. The first-order chi connectivity index (χ1) is 13.7. The third-order valence-corrected chi connectivity index (χ3v) is 4.50. The number of hydrogen-bond donors (Lipinski definition) is 3. The van der Waals surface area contributed by atoms with Gasteiger partial charge in [-0.15, -0.1) is 5.10 Å². The zero-order valence-corrected chi connectivity index (χ0v) is 16.7. The molecule has 148 valence electrons. The van der Waals surface area contributed by atoms with Gasteiger partial charge in [0.2, 0.25) is 5.82 Å². The van der Waals surface area contributed by atoms with Crippen molar-refractivity contribution < 1.29 is 4.42 Å². The van der Waals surface area contributed by atoms with Crippen LogP contribution in [0.4, 0.5) is 0 Å². The Morgan fingerprint density at radius 1 is 1.18 bits per heavy atom. The van der Waals surface area contributed by atoms with E-state index < -0.39 is 0 Å². The number of furan rings is 1. The number of rotatable bonds is 8. The van der Waals surface area contributed by atoms with Gasteiger partial charge >= 0.3 is 0 Å². The molecule has 0 aliphatic heterocycles. The molecule has 0 radical (unpaired) electrons. The van der Waals surface area contributed by atoms with Crippen molar-refractivity contribution in [2.45, 2.75) is 39.2 Å². The molecule has 0 aliphatic rings. The van der Waals surface area contributed by atoms with Gasteiger partial charge in [-0.1, -0.05) is 38.1 Å². The maximum atomic E-state index is 5.30. The Bertz CT molecular complexity index is 865. The van der Waals surface area contributed by atoms with Gasteiger partial charge < -0.3 is 15.1 Å². The van der Waals surface area contributed by atoms with Gasteiger partial charge in [0.15, 0.2) is 11.7 Å². The molecule has 0 amide bonds. The van der Waals surface area contributed by atoms with Gasteiger partial charge in [0.1, 0.15) is 5.82 Å². The predicted molar refractivity (Wildman–Crippen MR) is 111 cm³/mol. The summed E-state index contributed by atoms with van der Waals surface area (Å²) >= 11 is 0. The summed E-state index contributed by atoms with van der Waals surface area (Å²) < 4.78 is 5.30. The van der Waals surface area contributed by atoms with Gasteiger partial charge in [-0.3, -0.25) is 10.1 Å². The summed E-state index contributed by atoms with van der Waals surface area (Å²) in [6.45, 7) is 5.78. The molecular formula is C21H28N6O. The number of aryl methyl sites for hydroxylation is 1. The predicted octanol–water partition coefficient (Wildman–Crippen LogP) is 3.49. The first-order valence-corrected chi connectivity index (χ1v) is 9.64. The molecule has 1 aromatic carbocycles. The molecule has 0 saturated carbocycles. The van der Waals surface area contributed by atoms with Crippen LogP contribution in [0.25, 0.3) is 11.6 Å². The van der Waals surface area contributed by atoms with E-state index >= 15 is 0 Å². The van der Waals surface area contributed by atoms with Crippen LogP contribution in [-0.4, -0.2) is 34.7 Å². The van der Waals surface area contributed by atoms with Gasteiger partial charge in [0.05, 0.1) is 12.8 Å². The Labute approximate surface area is 165 Å². The van der Waals surface area contributed by atoms with Crippen molar-refractivity contribution >= 4 is 5.96 Å². The highest BCUT2D eigenvalue weighted by Crippen LogP contribution is 2.15. The minimum absolute atomic E-state index is 0.504. The number of guanidine groups is 1. The van der Waals surface area contributed by atoms with Gasteiger partial charge in [-0.05, 0) is 42.0 Å². The van der Waals surface area contributed by atoms with Gasteiger partial charge in [-0.25, -0.2) is 4.98 Å². The summed E-state index contributed by atoms with van der Waals surface area (Å²) in [6, 6.07) is 12.5. The lowest BCUT2D eigenvalue weighted by Gasteiger charge is -2.11. The first kappa shape index (κ1) is 19.7. The molecule has 0 unspecified atom stereocenters. The van der Waals surface area contributed by atoms with Gasteiger partial charge in [-0.2, -0.15) is 0 Å². The summed E-state index contributed by atoms with van der Waals surface area (Å²) in [7, 11) is 1.76. The van der Waals surface area contributed by atoms with Crippen LogP contribution in [0.3, 0.4) is 0 Å². The number of hydrogen-bond acceptors (Lipinski definition) is 4. The molecule has 0 spiro atoms. The number of benzene rings is 1. The van der Waals surface area contributed by atoms with E-state index in [0.29, 0.717) is 24.0 Å². The number of aliphatic imine (C=N–C) groups is 1. The fourth-order valence-corrected chi connectivity index (χ4v) is 2.85. The second kappa shape index (κ2) is 9.73. The van der Waals surface area contributed by atoms with Crippen molar-refractivity contribution in [3.05, 3.63) is 59.6 Å². The molecule has 3 aromatic rings. The lowest BCUT2D eigenvalue weighted by Crippen LogP contribution is -2.37. The molecule has 3 N–H and O–H groups in total. The second-order valence-electron chi connectivity index (χ2n) is 6.94. The molecule has 2 aromatic heterocycles. The van der Waals surface area contributed by atoms with E-state index in [-0.39, 0.29) is 0 Å². The third kappa shape index (κ3) is 5.45.